The van der Waals surface area contributed by atoms with Crippen molar-refractivity contribution in [3.05, 3.63) is 75.4 Å². The van der Waals surface area contributed by atoms with Gasteiger partial charge in [-0.25, -0.2) is 4.79 Å². The lowest BCUT2D eigenvalue weighted by Crippen LogP contribution is -2.48. The number of hydrogen-bond acceptors (Lipinski definition) is 4. The Bertz CT molecular complexity index is 961. The molecule has 1 N–H and O–H groups in total. The number of thiocarbonyl (C=S) groups is 1. The number of rotatable bonds is 6. The van der Waals surface area contributed by atoms with E-state index in [0.717, 1.165) is 27.0 Å². The Labute approximate surface area is 184 Å². The number of benzene rings is 2. The lowest BCUT2D eigenvalue weighted by molar-refractivity contribution is -0.140. The van der Waals surface area contributed by atoms with E-state index in [1.807, 2.05) is 67.3 Å². The topological polar surface area (TPSA) is 50.8 Å². The van der Waals surface area contributed by atoms with Crippen molar-refractivity contribution in [1.82, 2.24) is 5.32 Å². The van der Waals surface area contributed by atoms with Crippen LogP contribution in [0.5, 0.6) is 0 Å². The van der Waals surface area contributed by atoms with Crippen LogP contribution in [0.2, 0.25) is 0 Å². The van der Waals surface area contributed by atoms with Crippen LogP contribution in [0.3, 0.4) is 0 Å². The molecular formula is C22H23BrN2O3S. The molecule has 0 saturated heterocycles. The SMILES string of the molecule is COCCOC(=O)C1=C(C)N(c2cccc(Br)c2)C(=S)NC1c1ccccc1C. The Morgan fingerprint density at radius 1 is 1.17 bits per heavy atom. The molecule has 0 spiro atoms. The first-order valence-electron chi connectivity index (χ1n) is 9.22. The molecule has 1 atom stereocenters. The molecule has 0 bridgehead atoms. The second kappa shape index (κ2) is 9.52. The van der Waals surface area contributed by atoms with E-state index >= 15 is 0 Å². The summed E-state index contributed by atoms with van der Waals surface area (Å²) < 4.78 is 11.4. The van der Waals surface area contributed by atoms with Crippen LogP contribution in [0.1, 0.15) is 24.1 Å². The summed E-state index contributed by atoms with van der Waals surface area (Å²) in [5, 5.41) is 3.88. The number of halogens is 1. The molecule has 0 aliphatic carbocycles. The largest absolute Gasteiger partial charge is 0.460 e. The van der Waals surface area contributed by atoms with Gasteiger partial charge in [0.25, 0.3) is 0 Å². The smallest absolute Gasteiger partial charge is 0.338 e. The molecule has 2 aromatic rings. The van der Waals surface area contributed by atoms with Crippen molar-refractivity contribution in [3.63, 3.8) is 0 Å². The monoisotopic (exact) mass is 474 g/mol. The summed E-state index contributed by atoms with van der Waals surface area (Å²) in [4.78, 5) is 14.9. The second-order valence-electron chi connectivity index (χ2n) is 6.68. The minimum Gasteiger partial charge on any atom is -0.460 e. The third-order valence-electron chi connectivity index (χ3n) is 4.79. The summed E-state index contributed by atoms with van der Waals surface area (Å²) in [6.45, 7) is 4.44. The predicted octanol–water partition coefficient (Wildman–Crippen LogP) is 4.66. The number of nitrogens with zero attached hydrogens (tertiary/aromatic N) is 1. The molecule has 1 unspecified atom stereocenters. The lowest BCUT2D eigenvalue weighted by Gasteiger charge is -2.38. The standard InChI is InChI=1S/C22H23BrN2O3S/c1-14-7-4-5-10-18(14)20-19(21(26)28-12-11-27-3)15(2)25(22(29)24-20)17-9-6-8-16(23)13-17/h4-10,13,20H,11-12H2,1-3H3,(H,24,29). The molecule has 152 valence electrons. The van der Waals surface area contributed by atoms with E-state index in [2.05, 4.69) is 21.2 Å². The molecule has 29 heavy (non-hydrogen) atoms. The van der Waals surface area contributed by atoms with Crippen LogP contribution in [0.15, 0.2) is 64.3 Å². The quantitative estimate of drug-likeness (QED) is 0.373. The highest BCUT2D eigenvalue weighted by Gasteiger charge is 2.36. The van der Waals surface area contributed by atoms with Crippen LogP contribution in [0.4, 0.5) is 5.69 Å². The van der Waals surface area contributed by atoms with Gasteiger partial charge in [0.15, 0.2) is 5.11 Å². The van der Waals surface area contributed by atoms with Gasteiger partial charge in [0, 0.05) is 23.0 Å². The predicted molar refractivity (Wildman–Crippen MR) is 122 cm³/mol. The maximum Gasteiger partial charge on any atom is 0.338 e. The highest BCUT2D eigenvalue weighted by molar-refractivity contribution is 9.10. The number of anilines is 1. The van der Waals surface area contributed by atoms with Gasteiger partial charge in [0.05, 0.1) is 18.2 Å². The maximum absolute atomic E-state index is 13.1. The zero-order valence-corrected chi connectivity index (χ0v) is 19.0. The first kappa shape index (κ1) is 21.5. The zero-order valence-electron chi connectivity index (χ0n) is 16.6. The van der Waals surface area contributed by atoms with Crippen molar-refractivity contribution >= 4 is 44.9 Å². The van der Waals surface area contributed by atoms with E-state index in [0.29, 0.717) is 17.3 Å². The summed E-state index contributed by atoms with van der Waals surface area (Å²) in [5.41, 5.74) is 4.19. The second-order valence-corrected chi connectivity index (χ2v) is 7.98. The molecule has 0 radical (unpaired) electrons. The van der Waals surface area contributed by atoms with E-state index in [9.17, 15) is 4.79 Å². The van der Waals surface area contributed by atoms with Gasteiger partial charge in [-0.1, -0.05) is 46.3 Å². The summed E-state index contributed by atoms with van der Waals surface area (Å²) >= 11 is 9.19. The average molecular weight is 475 g/mol. The van der Waals surface area contributed by atoms with Crippen LogP contribution in [-0.4, -0.2) is 31.4 Å². The summed E-state index contributed by atoms with van der Waals surface area (Å²) in [5.74, 6) is -0.386. The number of esters is 1. The molecule has 0 amide bonds. The van der Waals surface area contributed by atoms with Crippen molar-refractivity contribution in [2.45, 2.75) is 19.9 Å². The van der Waals surface area contributed by atoms with Crippen LogP contribution >= 0.6 is 28.1 Å². The van der Waals surface area contributed by atoms with Gasteiger partial charge in [-0.3, -0.25) is 4.90 Å². The van der Waals surface area contributed by atoms with Gasteiger partial charge in [-0.15, -0.1) is 0 Å². The Morgan fingerprint density at radius 3 is 2.62 bits per heavy atom. The summed E-state index contributed by atoms with van der Waals surface area (Å²) in [7, 11) is 1.57. The molecular weight excluding hydrogens is 452 g/mol. The van der Waals surface area contributed by atoms with E-state index < -0.39 is 0 Å². The fraction of sp³-hybridized carbons (Fsp3) is 0.273. The maximum atomic E-state index is 13.1. The van der Waals surface area contributed by atoms with E-state index in [1.54, 1.807) is 7.11 Å². The number of allylic oxidation sites excluding steroid dienone is 1. The van der Waals surface area contributed by atoms with Gasteiger partial charge >= 0.3 is 5.97 Å². The van der Waals surface area contributed by atoms with Gasteiger partial charge in [0.2, 0.25) is 0 Å². The normalized spacial score (nSPS) is 16.6. The molecule has 0 aromatic heterocycles. The molecule has 3 rings (SSSR count). The van der Waals surface area contributed by atoms with Crippen LogP contribution in [-0.2, 0) is 14.3 Å². The van der Waals surface area contributed by atoms with E-state index in [1.165, 1.54) is 0 Å². The van der Waals surface area contributed by atoms with Gasteiger partial charge in [-0.2, -0.15) is 0 Å². The van der Waals surface area contributed by atoms with Crippen molar-refractivity contribution in [2.75, 3.05) is 25.2 Å². The van der Waals surface area contributed by atoms with Crippen LogP contribution in [0, 0.1) is 6.92 Å². The van der Waals surface area contributed by atoms with Gasteiger partial charge < -0.3 is 14.8 Å². The van der Waals surface area contributed by atoms with Gasteiger partial charge in [0.1, 0.15) is 6.61 Å². The third-order valence-corrected chi connectivity index (χ3v) is 5.58. The number of methoxy groups -OCH3 is 1. The lowest BCUT2D eigenvalue weighted by atomic mass is 9.92. The highest BCUT2D eigenvalue weighted by Crippen LogP contribution is 2.35. The van der Waals surface area contributed by atoms with Crippen LogP contribution in [0.25, 0.3) is 0 Å². The molecule has 2 aromatic carbocycles. The third kappa shape index (κ3) is 4.69. The molecule has 7 heteroatoms. The van der Waals surface area contributed by atoms with E-state index in [4.69, 9.17) is 21.7 Å². The first-order valence-corrected chi connectivity index (χ1v) is 10.4. The Kier molecular flexibility index (Phi) is 7.05. The van der Waals surface area contributed by atoms with Gasteiger partial charge in [-0.05, 0) is 55.4 Å². The molecule has 5 nitrogen and oxygen atoms in total. The fourth-order valence-corrected chi connectivity index (χ4v) is 4.12. The first-order chi connectivity index (χ1) is 13.9. The number of aryl methyl sites for hydroxylation is 1. The molecule has 1 heterocycles. The Morgan fingerprint density at radius 2 is 1.93 bits per heavy atom. The average Bonchev–Trinajstić information content (AvgIpc) is 2.68. The van der Waals surface area contributed by atoms with E-state index in [-0.39, 0.29) is 18.6 Å². The Balaban J connectivity index is 2.09. The minimum absolute atomic E-state index is 0.188. The molecule has 1 aliphatic heterocycles. The number of ether oxygens (including phenoxy) is 2. The number of hydrogen-bond donors (Lipinski definition) is 1. The number of carbonyl (C=O) groups is 1. The van der Waals surface area contributed by atoms with Crippen molar-refractivity contribution in [1.29, 1.82) is 0 Å². The van der Waals surface area contributed by atoms with Crippen LogP contribution < -0.4 is 10.2 Å². The van der Waals surface area contributed by atoms with Crippen molar-refractivity contribution < 1.29 is 14.3 Å². The summed E-state index contributed by atoms with van der Waals surface area (Å²) in [6, 6.07) is 15.3. The zero-order chi connectivity index (χ0) is 21.0. The summed E-state index contributed by atoms with van der Waals surface area (Å²) in [6.07, 6.45) is 0. The Hall–Kier alpha value is -2.22. The number of nitrogens with one attached hydrogen (secondary N) is 1. The molecule has 0 fully saturated rings. The highest BCUT2D eigenvalue weighted by atomic mass is 79.9. The molecule has 1 aliphatic rings. The number of carbonyl (C=O) groups excluding carboxylic acids is 1. The fourth-order valence-electron chi connectivity index (χ4n) is 3.37. The molecule has 0 saturated carbocycles. The van der Waals surface area contributed by atoms with Crippen molar-refractivity contribution in [2.24, 2.45) is 0 Å². The minimum atomic E-state index is -0.387. The van der Waals surface area contributed by atoms with Crippen molar-refractivity contribution in [3.8, 4) is 0 Å².